The molecule has 1 atom stereocenters. The van der Waals surface area contributed by atoms with Crippen LogP contribution in [0.2, 0.25) is 0 Å². The summed E-state index contributed by atoms with van der Waals surface area (Å²) in [6, 6.07) is 6.26. The second-order valence-electron chi connectivity index (χ2n) is 7.68. The lowest BCUT2D eigenvalue weighted by Gasteiger charge is -2.30. The zero-order valence-electron chi connectivity index (χ0n) is 15.6. The number of carbonyl (C=O) groups is 1. The number of hydrogen-bond donors (Lipinski definition) is 1. The number of benzene rings is 1. The van der Waals surface area contributed by atoms with Gasteiger partial charge in [-0.1, -0.05) is 13.0 Å². The van der Waals surface area contributed by atoms with E-state index < -0.39 is 0 Å². The molecule has 0 bridgehead atoms. The van der Waals surface area contributed by atoms with Crippen molar-refractivity contribution >= 4 is 5.91 Å². The monoisotopic (exact) mass is 344 g/mol. The molecule has 1 aromatic rings. The summed E-state index contributed by atoms with van der Waals surface area (Å²) in [5.41, 5.74) is 2.83. The van der Waals surface area contributed by atoms with Gasteiger partial charge in [0.2, 0.25) is 0 Å². The number of rotatable bonds is 7. The summed E-state index contributed by atoms with van der Waals surface area (Å²) >= 11 is 0. The standard InChI is InChI=1S/C21H32N2O2/c1-17-6-4-12-23(15-17)13-5-11-22-21(24)16-25-20-10-9-18-7-2-3-8-19(18)14-20/h9-10,14,17H,2-8,11-13,15-16H2,1H3,(H,22,24). The molecule has 0 aromatic heterocycles. The summed E-state index contributed by atoms with van der Waals surface area (Å²) in [5, 5.41) is 2.98. The normalized spacial score (nSPS) is 20.8. The highest BCUT2D eigenvalue weighted by Crippen LogP contribution is 2.25. The summed E-state index contributed by atoms with van der Waals surface area (Å²) in [4.78, 5) is 14.5. The Labute approximate surface area is 151 Å². The van der Waals surface area contributed by atoms with Crippen molar-refractivity contribution in [3.8, 4) is 5.75 Å². The Hall–Kier alpha value is -1.55. The minimum absolute atomic E-state index is 0.0234. The molecule has 0 saturated carbocycles. The van der Waals surface area contributed by atoms with E-state index in [-0.39, 0.29) is 12.5 Å². The quantitative estimate of drug-likeness (QED) is 0.773. The van der Waals surface area contributed by atoms with E-state index in [4.69, 9.17) is 4.74 Å². The minimum Gasteiger partial charge on any atom is -0.484 e. The molecule has 1 saturated heterocycles. The number of amides is 1. The van der Waals surface area contributed by atoms with E-state index >= 15 is 0 Å². The Kier molecular flexibility index (Phi) is 6.74. The van der Waals surface area contributed by atoms with Crippen LogP contribution in [0.3, 0.4) is 0 Å². The molecule has 1 aliphatic heterocycles. The first-order chi connectivity index (χ1) is 12.2. The van der Waals surface area contributed by atoms with Crippen molar-refractivity contribution in [3.05, 3.63) is 29.3 Å². The maximum Gasteiger partial charge on any atom is 0.257 e. The third-order valence-electron chi connectivity index (χ3n) is 5.40. The zero-order chi connectivity index (χ0) is 17.5. The van der Waals surface area contributed by atoms with Gasteiger partial charge in [0.1, 0.15) is 5.75 Å². The van der Waals surface area contributed by atoms with Gasteiger partial charge in [-0.05, 0) is 87.2 Å². The molecule has 0 radical (unpaired) electrons. The fourth-order valence-electron chi connectivity index (χ4n) is 4.02. The molecule has 138 valence electrons. The van der Waals surface area contributed by atoms with E-state index in [2.05, 4.69) is 29.3 Å². The van der Waals surface area contributed by atoms with E-state index in [1.807, 2.05) is 6.07 Å². The van der Waals surface area contributed by atoms with Gasteiger partial charge in [0.05, 0.1) is 0 Å². The van der Waals surface area contributed by atoms with Crippen molar-refractivity contribution in [2.75, 3.05) is 32.8 Å². The van der Waals surface area contributed by atoms with Crippen molar-refractivity contribution in [2.45, 2.75) is 51.9 Å². The number of nitrogens with zero attached hydrogens (tertiary/aromatic N) is 1. The molecule has 1 unspecified atom stereocenters. The fraction of sp³-hybridized carbons (Fsp3) is 0.667. The molecule has 4 heteroatoms. The highest BCUT2D eigenvalue weighted by atomic mass is 16.5. The lowest BCUT2D eigenvalue weighted by Crippen LogP contribution is -2.37. The minimum atomic E-state index is -0.0234. The van der Waals surface area contributed by atoms with E-state index in [0.717, 1.165) is 37.6 Å². The predicted octanol–water partition coefficient (Wildman–Crippen LogP) is 3.18. The average Bonchev–Trinajstić information content (AvgIpc) is 2.63. The van der Waals surface area contributed by atoms with Gasteiger partial charge in [-0.3, -0.25) is 4.79 Å². The van der Waals surface area contributed by atoms with Crippen LogP contribution >= 0.6 is 0 Å². The molecule has 3 rings (SSSR count). The smallest absolute Gasteiger partial charge is 0.257 e. The van der Waals surface area contributed by atoms with Crippen LogP contribution in [-0.2, 0) is 17.6 Å². The third kappa shape index (κ3) is 5.74. The van der Waals surface area contributed by atoms with Crippen LogP contribution < -0.4 is 10.1 Å². The van der Waals surface area contributed by atoms with Crippen LogP contribution in [0.25, 0.3) is 0 Å². The van der Waals surface area contributed by atoms with Crippen LogP contribution in [0.5, 0.6) is 5.75 Å². The van der Waals surface area contributed by atoms with E-state index in [1.165, 1.54) is 56.3 Å². The van der Waals surface area contributed by atoms with Gasteiger partial charge in [0.15, 0.2) is 6.61 Å². The van der Waals surface area contributed by atoms with Gasteiger partial charge in [-0.2, -0.15) is 0 Å². The molecule has 0 spiro atoms. The number of hydrogen-bond acceptors (Lipinski definition) is 3. The van der Waals surface area contributed by atoms with Crippen LogP contribution in [0, 0.1) is 5.92 Å². The molecule has 1 heterocycles. The number of carbonyl (C=O) groups excluding carboxylic acids is 1. The first kappa shape index (κ1) is 18.2. The second kappa shape index (κ2) is 9.23. The lowest BCUT2D eigenvalue weighted by molar-refractivity contribution is -0.123. The van der Waals surface area contributed by atoms with Crippen molar-refractivity contribution in [3.63, 3.8) is 0 Å². The Morgan fingerprint density at radius 1 is 1.24 bits per heavy atom. The maximum atomic E-state index is 12.0. The fourth-order valence-corrected chi connectivity index (χ4v) is 4.02. The highest BCUT2D eigenvalue weighted by molar-refractivity contribution is 5.77. The summed E-state index contributed by atoms with van der Waals surface area (Å²) in [6.45, 7) is 6.66. The lowest BCUT2D eigenvalue weighted by atomic mass is 9.92. The Morgan fingerprint density at radius 3 is 2.92 bits per heavy atom. The average molecular weight is 344 g/mol. The molecule has 1 fully saturated rings. The van der Waals surface area contributed by atoms with Gasteiger partial charge in [-0.15, -0.1) is 0 Å². The summed E-state index contributed by atoms with van der Waals surface area (Å²) < 4.78 is 5.67. The van der Waals surface area contributed by atoms with Crippen LogP contribution in [0.4, 0.5) is 0 Å². The Balaban J connectivity index is 1.31. The van der Waals surface area contributed by atoms with E-state index in [0.29, 0.717) is 0 Å². The predicted molar refractivity (Wildman–Crippen MR) is 101 cm³/mol. The zero-order valence-corrected chi connectivity index (χ0v) is 15.6. The maximum absolute atomic E-state index is 12.0. The summed E-state index contributed by atoms with van der Waals surface area (Å²) in [7, 11) is 0. The topological polar surface area (TPSA) is 41.6 Å². The first-order valence-corrected chi connectivity index (χ1v) is 9.94. The van der Waals surface area contributed by atoms with Crippen LogP contribution in [0.15, 0.2) is 18.2 Å². The van der Waals surface area contributed by atoms with Gasteiger partial charge in [0.25, 0.3) is 5.91 Å². The first-order valence-electron chi connectivity index (χ1n) is 9.94. The largest absolute Gasteiger partial charge is 0.484 e. The van der Waals surface area contributed by atoms with Gasteiger partial charge < -0.3 is 15.0 Å². The molecule has 1 amide bonds. The Bertz CT molecular complexity index is 573. The van der Waals surface area contributed by atoms with Gasteiger partial charge in [-0.25, -0.2) is 0 Å². The second-order valence-corrected chi connectivity index (χ2v) is 7.68. The van der Waals surface area contributed by atoms with Crippen molar-refractivity contribution in [1.82, 2.24) is 10.2 Å². The molecular weight excluding hydrogens is 312 g/mol. The number of nitrogens with one attached hydrogen (secondary N) is 1. The number of ether oxygens (including phenoxy) is 1. The van der Waals surface area contributed by atoms with Crippen molar-refractivity contribution in [1.29, 1.82) is 0 Å². The molecular formula is C21H32N2O2. The number of aryl methyl sites for hydroxylation is 2. The number of piperidine rings is 1. The molecule has 2 aliphatic rings. The third-order valence-corrected chi connectivity index (χ3v) is 5.40. The molecule has 4 nitrogen and oxygen atoms in total. The number of likely N-dealkylation sites (tertiary alicyclic amines) is 1. The molecule has 25 heavy (non-hydrogen) atoms. The molecule has 1 aromatic carbocycles. The molecule has 1 N–H and O–H groups in total. The van der Waals surface area contributed by atoms with E-state index in [1.54, 1.807) is 0 Å². The van der Waals surface area contributed by atoms with Gasteiger partial charge in [0, 0.05) is 13.1 Å². The van der Waals surface area contributed by atoms with Crippen LogP contribution in [-0.4, -0.2) is 43.6 Å². The van der Waals surface area contributed by atoms with Crippen LogP contribution in [0.1, 0.15) is 50.2 Å². The van der Waals surface area contributed by atoms with Gasteiger partial charge >= 0.3 is 0 Å². The van der Waals surface area contributed by atoms with Crippen molar-refractivity contribution < 1.29 is 9.53 Å². The SMILES string of the molecule is CC1CCCN(CCCNC(=O)COc2ccc3c(c2)CCCC3)C1. The number of fused-ring (bicyclic) bond motifs is 1. The summed E-state index contributed by atoms with van der Waals surface area (Å²) in [5.74, 6) is 1.61. The van der Waals surface area contributed by atoms with Crippen molar-refractivity contribution in [2.24, 2.45) is 5.92 Å². The van der Waals surface area contributed by atoms with E-state index in [9.17, 15) is 4.79 Å². The molecule has 1 aliphatic carbocycles. The summed E-state index contributed by atoms with van der Waals surface area (Å²) in [6.07, 6.45) is 8.52. The Morgan fingerprint density at radius 2 is 2.08 bits per heavy atom. The highest BCUT2D eigenvalue weighted by Gasteiger charge is 2.15.